The smallest absolute Gasteiger partial charge is 0.332 e. The summed E-state index contributed by atoms with van der Waals surface area (Å²) in [5, 5.41) is 28.1. The van der Waals surface area contributed by atoms with Crippen LogP contribution >= 0.6 is 0 Å². The Labute approximate surface area is 90.3 Å². The van der Waals surface area contributed by atoms with Crippen LogP contribution in [-0.4, -0.2) is 27.2 Å². The Morgan fingerprint density at radius 2 is 2.19 bits per heavy atom. The highest BCUT2D eigenvalue weighted by Gasteiger charge is 2.17. The largest absolute Gasteiger partial charge is 0.479 e. The van der Waals surface area contributed by atoms with Crippen molar-refractivity contribution in [2.24, 2.45) is 0 Å². The number of rotatable bonds is 4. The Kier molecular flexibility index (Phi) is 3.41. The zero-order valence-corrected chi connectivity index (χ0v) is 8.16. The number of carboxylic acid groups (broad SMARTS) is 1. The second-order valence-corrected chi connectivity index (χ2v) is 3.21. The van der Waals surface area contributed by atoms with Crippen LogP contribution in [0.4, 0.5) is 11.4 Å². The molecule has 1 rings (SSSR count). The first-order valence-corrected chi connectivity index (χ1v) is 4.35. The van der Waals surface area contributed by atoms with E-state index in [9.17, 15) is 14.9 Å². The molecular formula is C9H10N2O5. The molecular weight excluding hydrogens is 216 g/mol. The number of hydrogen-bond donors (Lipinski definition) is 3. The van der Waals surface area contributed by atoms with E-state index in [0.29, 0.717) is 5.56 Å². The molecule has 0 saturated heterocycles. The maximum atomic E-state index is 10.5. The molecule has 1 atom stereocenters. The number of hydrogen-bond acceptors (Lipinski definition) is 5. The van der Waals surface area contributed by atoms with Gasteiger partial charge in [0.15, 0.2) is 6.10 Å². The van der Waals surface area contributed by atoms with Gasteiger partial charge in [0.1, 0.15) is 5.69 Å². The first-order valence-electron chi connectivity index (χ1n) is 4.35. The van der Waals surface area contributed by atoms with Gasteiger partial charge in [0.05, 0.1) is 4.92 Å². The highest BCUT2D eigenvalue weighted by Crippen LogP contribution is 2.22. The first kappa shape index (κ1) is 11.9. The maximum Gasteiger partial charge on any atom is 0.332 e. The van der Waals surface area contributed by atoms with Crippen molar-refractivity contribution in [3.05, 3.63) is 33.9 Å². The van der Waals surface area contributed by atoms with Crippen molar-refractivity contribution in [3.63, 3.8) is 0 Å². The molecule has 1 aromatic rings. The molecule has 7 heteroatoms. The summed E-state index contributed by atoms with van der Waals surface area (Å²) in [6.45, 7) is 0. The number of nitro groups is 1. The Hall–Kier alpha value is -2.15. The molecule has 0 amide bonds. The van der Waals surface area contributed by atoms with Crippen LogP contribution in [0.1, 0.15) is 5.56 Å². The summed E-state index contributed by atoms with van der Waals surface area (Å²) in [5.41, 5.74) is 5.41. The van der Waals surface area contributed by atoms with E-state index in [0.717, 1.165) is 6.07 Å². The van der Waals surface area contributed by atoms with Gasteiger partial charge in [0, 0.05) is 12.5 Å². The minimum absolute atomic E-state index is 0.00133. The standard InChI is InChI=1S/C9H10N2O5/c10-6-2-1-5(3-7(6)11(15)16)4-8(12)9(13)14/h1-3,8,12H,4,10H2,(H,13,14). The van der Waals surface area contributed by atoms with Crippen molar-refractivity contribution in [3.8, 4) is 0 Å². The van der Waals surface area contributed by atoms with Crippen LogP contribution in [0.15, 0.2) is 18.2 Å². The average molecular weight is 226 g/mol. The van der Waals surface area contributed by atoms with E-state index in [4.69, 9.17) is 15.9 Å². The van der Waals surface area contributed by atoms with E-state index in [1.54, 1.807) is 0 Å². The highest BCUT2D eigenvalue weighted by atomic mass is 16.6. The monoisotopic (exact) mass is 226 g/mol. The predicted molar refractivity (Wildman–Crippen MR) is 54.9 cm³/mol. The van der Waals surface area contributed by atoms with Crippen molar-refractivity contribution in [2.75, 3.05) is 5.73 Å². The number of aliphatic hydroxyl groups excluding tert-OH is 1. The summed E-state index contributed by atoms with van der Waals surface area (Å²) >= 11 is 0. The van der Waals surface area contributed by atoms with Gasteiger partial charge in [-0.3, -0.25) is 10.1 Å². The number of aliphatic hydroxyl groups is 1. The fourth-order valence-corrected chi connectivity index (χ4v) is 1.18. The highest BCUT2D eigenvalue weighted by molar-refractivity contribution is 5.72. The number of anilines is 1. The molecule has 0 radical (unpaired) electrons. The molecule has 0 aliphatic rings. The maximum absolute atomic E-state index is 10.5. The van der Waals surface area contributed by atoms with Crippen LogP contribution < -0.4 is 5.73 Å². The molecule has 4 N–H and O–H groups in total. The zero-order chi connectivity index (χ0) is 12.3. The van der Waals surface area contributed by atoms with Crippen LogP contribution in [0.2, 0.25) is 0 Å². The van der Waals surface area contributed by atoms with Gasteiger partial charge < -0.3 is 15.9 Å². The predicted octanol–water partition coefficient (Wildman–Crippen LogP) is 0.165. The Bertz CT molecular complexity index is 432. The lowest BCUT2D eigenvalue weighted by Crippen LogP contribution is -2.22. The lowest BCUT2D eigenvalue weighted by molar-refractivity contribution is -0.384. The van der Waals surface area contributed by atoms with E-state index in [1.165, 1.54) is 12.1 Å². The zero-order valence-electron chi connectivity index (χ0n) is 8.16. The molecule has 1 aromatic carbocycles. The fourth-order valence-electron chi connectivity index (χ4n) is 1.18. The third kappa shape index (κ3) is 2.67. The van der Waals surface area contributed by atoms with Crippen LogP contribution in [-0.2, 0) is 11.2 Å². The third-order valence-electron chi connectivity index (χ3n) is 2.01. The first-order chi connectivity index (χ1) is 7.41. The van der Waals surface area contributed by atoms with E-state index in [2.05, 4.69) is 0 Å². The third-order valence-corrected chi connectivity index (χ3v) is 2.01. The lowest BCUT2D eigenvalue weighted by atomic mass is 10.1. The number of nitrogen functional groups attached to an aromatic ring is 1. The second kappa shape index (κ2) is 4.58. The number of carboxylic acids is 1. The van der Waals surface area contributed by atoms with Gasteiger partial charge in [0.2, 0.25) is 0 Å². The summed E-state index contributed by atoms with van der Waals surface area (Å²) in [6.07, 6.45) is -1.78. The normalized spacial score (nSPS) is 12.1. The van der Waals surface area contributed by atoms with Gasteiger partial charge in [-0.25, -0.2) is 4.79 Å². The lowest BCUT2D eigenvalue weighted by Gasteiger charge is -2.06. The number of benzene rings is 1. The molecule has 0 fully saturated rings. The summed E-state index contributed by atoms with van der Waals surface area (Å²) in [4.78, 5) is 20.3. The Balaban J connectivity index is 2.95. The van der Waals surface area contributed by atoms with Crippen LogP contribution in [0, 0.1) is 10.1 Å². The summed E-state index contributed by atoms with van der Waals surface area (Å²) < 4.78 is 0. The number of nitro benzene ring substituents is 1. The number of nitrogens with two attached hydrogens (primary N) is 1. The van der Waals surface area contributed by atoms with Gasteiger partial charge >= 0.3 is 5.97 Å². The summed E-state index contributed by atoms with van der Waals surface area (Å²) in [7, 11) is 0. The van der Waals surface area contributed by atoms with Crippen LogP contribution in [0.3, 0.4) is 0 Å². The SMILES string of the molecule is Nc1ccc(CC(O)C(=O)O)cc1[N+](=O)[O-]. The Morgan fingerprint density at radius 3 is 2.69 bits per heavy atom. The Morgan fingerprint density at radius 1 is 1.56 bits per heavy atom. The quantitative estimate of drug-likeness (QED) is 0.381. The van der Waals surface area contributed by atoms with Crippen LogP contribution in [0.25, 0.3) is 0 Å². The van der Waals surface area contributed by atoms with Crippen molar-refractivity contribution in [1.82, 2.24) is 0 Å². The molecule has 0 spiro atoms. The topological polar surface area (TPSA) is 127 Å². The molecule has 86 valence electrons. The minimum Gasteiger partial charge on any atom is -0.479 e. The molecule has 0 saturated carbocycles. The van der Waals surface area contributed by atoms with Crippen LogP contribution in [0.5, 0.6) is 0 Å². The molecule has 0 bridgehead atoms. The summed E-state index contributed by atoms with van der Waals surface area (Å²) in [5.74, 6) is -1.38. The molecule has 1 unspecified atom stereocenters. The van der Waals surface area contributed by atoms with E-state index in [-0.39, 0.29) is 17.8 Å². The summed E-state index contributed by atoms with van der Waals surface area (Å²) in [6, 6.07) is 3.90. The second-order valence-electron chi connectivity index (χ2n) is 3.21. The van der Waals surface area contributed by atoms with Crippen molar-refractivity contribution in [1.29, 1.82) is 0 Å². The van der Waals surface area contributed by atoms with Gasteiger partial charge in [-0.2, -0.15) is 0 Å². The fraction of sp³-hybridized carbons (Fsp3) is 0.222. The molecule has 0 aromatic heterocycles. The van der Waals surface area contributed by atoms with Crippen molar-refractivity contribution < 1.29 is 19.9 Å². The van der Waals surface area contributed by atoms with Gasteiger partial charge in [-0.05, 0) is 11.6 Å². The van der Waals surface area contributed by atoms with Gasteiger partial charge in [-0.1, -0.05) is 6.07 Å². The molecule has 7 nitrogen and oxygen atoms in total. The van der Waals surface area contributed by atoms with Crippen molar-refractivity contribution >= 4 is 17.3 Å². The molecule has 16 heavy (non-hydrogen) atoms. The van der Waals surface area contributed by atoms with Gasteiger partial charge in [0.25, 0.3) is 5.69 Å². The van der Waals surface area contributed by atoms with E-state index < -0.39 is 17.0 Å². The average Bonchev–Trinajstić information content (AvgIpc) is 2.20. The minimum atomic E-state index is -1.58. The van der Waals surface area contributed by atoms with E-state index in [1.807, 2.05) is 0 Å². The van der Waals surface area contributed by atoms with Gasteiger partial charge in [-0.15, -0.1) is 0 Å². The van der Waals surface area contributed by atoms with E-state index >= 15 is 0 Å². The molecule has 0 heterocycles. The van der Waals surface area contributed by atoms with Crippen molar-refractivity contribution in [2.45, 2.75) is 12.5 Å². The molecule has 0 aliphatic carbocycles. The number of aliphatic carboxylic acids is 1. The number of nitrogens with zero attached hydrogens (tertiary/aromatic N) is 1. The molecule has 0 aliphatic heterocycles. The number of carbonyl (C=O) groups is 1.